The Morgan fingerprint density at radius 3 is 2.67 bits per heavy atom. The fourth-order valence-electron chi connectivity index (χ4n) is 5.21. The average Bonchev–Trinajstić information content (AvgIpc) is 3.43. The second-order valence-corrected chi connectivity index (χ2v) is 10.7. The number of benzene rings is 1. The molecule has 1 aromatic carbocycles. The minimum Gasteiger partial charge on any atom is -0.466 e. The highest BCUT2D eigenvalue weighted by Crippen LogP contribution is 2.43. The molecule has 10 nitrogen and oxygen atoms in total. The molecule has 0 N–H and O–H groups in total. The van der Waals surface area contributed by atoms with Crippen molar-refractivity contribution in [2.24, 2.45) is 0 Å². The minimum atomic E-state index is -0.931. The molecule has 42 heavy (non-hydrogen) atoms. The molecule has 3 aromatic heterocycles. The summed E-state index contributed by atoms with van der Waals surface area (Å²) in [6.07, 6.45) is 3.84. The lowest BCUT2D eigenvalue weighted by atomic mass is 9.85. The third-order valence-electron chi connectivity index (χ3n) is 7.36. The highest BCUT2D eigenvalue weighted by atomic mass is 19.1. The number of halogens is 1. The molecule has 5 rings (SSSR count). The van der Waals surface area contributed by atoms with E-state index in [1.807, 2.05) is 19.9 Å². The van der Waals surface area contributed by atoms with E-state index in [4.69, 9.17) is 24.5 Å². The predicted octanol–water partition coefficient (Wildman–Crippen LogP) is 4.97. The number of hydrogen-bond donors (Lipinski definition) is 0. The number of carbonyl (C=O) groups excluding carboxylic acids is 2. The number of fused-ring (bicyclic) bond motifs is 2. The number of hydrogen-bond acceptors (Lipinski definition) is 8. The van der Waals surface area contributed by atoms with Gasteiger partial charge in [-0.1, -0.05) is 31.5 Å². The van der Waals surface area contributed by atoms with E-state index in [1.165, 1.54) is 6.07 Å². The van der Waals surface area contributed by atoms with Crippen LogP contribution < -0.4 is 4.90 Å². The van der Waals surface area contributed by atoms with Gasteiger partial charge in [0, 0.05) is 30.4 Å². The largest absolute Gasteiger partial charge is 0.466 e. The van der Waals surface area contributed by atoms with E-state index in [0.717, 1.165) is 12.8 Å². The van der Waals surface area contributed by atoms with Gasteiger partial charge in [0.25, 0.3) is 0 Å². The SMILES string of the molecule is CCCCOCN1C(=O)C(C)(C)c2c(CCC(=O)OCC)nc(-c3nn(Cc4ccccc4F)c4ncccc34)nc21. The highest BCUT2D eigenvalue weighted by Gasteiger charge is 2.47. The number of esters is 1. The van der Waals surface area contributed by atoms with Crippen LogP contribution in [-0.2, 0) is 37.4 Å². The van der Waals surface area contributed by atoms with Gasteiger partial charge in [0.1, 0.15) is 24.1 Å². The zero-order valence-electron chi connectivity index (χ0n) is 24.4. The Morgan fingerprint density at radius 2 is 1.90 bits per heavy atom. The lowest BCUT2D eigenvalue weighted by Gasteiger charge is -2.19. The van der Waals surface area contributed by atoms with Gasteiger partial charge < -0.3 is 9.47 Å². The summed E-state index contributed by atoms with van der Waals surface area (Å²) in [7, 11) is 0. The molecule has 4 heterocycles. The molecule has 0 radical (unpaired) electrons. The molecule has 1 aliphatic heterocycles. The summed E-state index contributed by atoms with van der Waals surface area (Å²) in [6.45, 7) is 8.49. The van der Waals surface area contributed by atoms with Crippen LogP contribution >= 0.6 is 0 Å². The van der Waals surface area contributed by atoms with Crippen molar-refractivity contribution < 1.29 is 23.5 Å². The third-order valence-corrected chi connectivity index (χ3v) is 7.36. The van der Waals surface area contributed by atoms with Crippen molar-refractivity contribution in [2.75, 3.05) is 24.8 Å². The lowest BCUT2D eigenvalue weighted by molar-refractivity contribution is -0.143. The van der Waals surface area contributed by atoms with Crippen molar-refractivity contribution in [3.63, 3.8) is 0 Å². The van der Waals surface area contributed by atoms with Gasteiger partial charge >= 0.3 is 5.97 Å². The smallest absolute Gasteiger partial charge is 0.306 e. The molecule has 0 fully saturated rings. The molecule has 220 valence electrons. The van der Waals surface area contributed by atoms with Crippen molar-refractivity contribution >= 4 is 28.7 Å². The van der Waals surface area contributed by atoms with E-state index >= 15 is 0 Å². The average molecular weight is 575 g/mol. The summed E-state index contributed by atoms with van der Waals surface area (Å²) in [5.74, 6) is -0.132. The quantitative estimate of drug-likeness (QED) is 0.172. The van der Waals surface area contributed by atoms with Gasteiger partial charge in [-0.3, -0.25) is 14.5 Å². The number of carbonyl (C=O) groups is 2. The van der Waals surface area contributed by atoms with E-state index in [-0.39, 0.29) is 56.2 Å². The van der Waals surface area contributed by atoms with Gasteiger partial charge in [-0.2, -0.15) is 5.10 Å². The van der Waals surface area contributed by atoms with Crippen LogP contribution in [0.25, 0.3) is 22.6 Å². The molecular formula is C31H35FN6O4. The summed E-state index contributed by atoms with van der Waals surface area (Å²) in [5.41, 5.74) is 1.75. The van der Waals surface area contributed by atoms with Crippen LogP contribution in [0.15, 0.2) is 42.6 Å². The van der Waals surface area contributed by atoms with Crippen LogP contribution in [0.1, 0.15) is 63.8 Å². The number of nitrogens with zero attached hydrogens (tertiary/aromatic N) is 6. The van der Waals surface area contributed by atoms with Gasteiger partial charge in [0.05, 0.1) is 36.1 Å². The Morgan fingerprint density at radius 1 is 1.10 bits per heavy atom. The van der Waals surface area contributed by atoms with E-state index in [9.17, 15) is 14.0 Å². The lowest BCUT2D eigenvalue weighted by Crippen LogP contribution is -2.38. The van der Waals surface area contributed by atoms with E-state index < -0.39 is 5.41 Å². The molecule has 1 aliphatic rings. The number of unbranched alkanes of at least 4 members (excludes halogenated alkanes) is 1. The first-order chi connectivity index (χ1) is 20.3. The van der Waals surface area contributed by atoms with Crippen LogP contribution in [0.4, 0.5) is 10.2 Å². The van der Waals surface area contributed by atoms with Gasteiger partial charge in [0.2, 0.25) is 5.91 Å². The van der Waals surface area contributed by atoms with Crippen molar-refractivity contribution in [1.82, 2.24) is 24.7 Å². The highest BCUT2D eigenvalue weighted by molar-refractivity contribution is 6.07. The van der Waals surface area contributed by atoms with Crippen LogP contribution in [0.5, 0.6) is 0 Å². The number of rotatable bonds is 12. The maximum atomic E-state index is 14.5. The van der Waals surface area contributed by atoms with Gasteiger partial charge in [-0.25, -0.2) is 24.0 Å². The third kappa shape index (κ3) is 5.61. The van der Waals surface area contributed by atoms with Gasteiger partial charge in [-0.05, 0) is 45.4 Å². The van der Waals surface area contributed by atoms with Crippen LogP contribution in [0.2, 0.25) is 0 Å². The molecule has 0 saturated carbocycles. The van der Waals surface area contributed by atoms with Crippen molar-refractivity contribution in [3.05, 3.63) is 65.2 Å². The molecule has 0 unspecified atom stereocenters. The summed E-state index contributed by atoms with van der Waals surface area (Å²) in [4.78, 5) is 41.8. The second-order valence-electron chi connectivity index (χ2n) is 10.7. The number of aryl methyl sites for hydroxylation is 1. The molecule has 0 aliphatic carbocycles. The summed E-state index contributed by atoms with van der Waals surface area (Å²) < 4.78 is 27.2. The number of aromatic nitrogens is 5. The summed E-state index contributed by atoms with van der Waals surface area (Å²) in [6, 6.07) is 10.2. The number of ether oxygens (including phenoxy) is 2. The Hall–Kier alpha value is -4.25. The molecule has 0 saturated heterocycles. The van der Waals surface area contributed by atoms with Crippen LogP contribution in [0.3, 0.4) is 0 Å². The monoisotopic (exact) mass is 574 g/mol. The number of anilines is 1. The second kappa shape index (κ2) is 12.3. The van der Waals surface area contributed by atoms with Crippen LogP contribution in [-0.4, -0.2) is 56.6 Å². The fourth-order valence-corrected chi connectivity index (χ4v) is 5.21. The first kappa shape index (κ1) is 29.2. The van der Waals surface area contributed by atoms with Crippen molar-refractivity contribution in [2.45, 2.75) is 65.3 Å². The van der Waals surface area contributed by atoms with Crippen molar-refractivity contribution in [1.29, 1.82) is 0 Å². The normalized spacial score (nSPS) is 14.0. The van der Waals surface area contributed by atoms with E-state index in [0.29, 0.717) is 46.0 Å². The molecular weight excluding hydrogens is 539 g/mol. The number of pyridine rings is 1. The fraction of sp³-hybridized carbons (Fsp3) is 0.419. The number of amides is 1. The Kier molecular flexibility index (Phi) is 8.58. The first-order valence-electron chi connectivity index (χ1n) is 14.3. The zero-order chi connectivity index (χ0) is 29.9. The van der Waals surface area contributed by atoms with E-state index in [2.05, 4.69) is 11.9 Å². The first-order valence-corrected chi connectivity index (χ1v) is 14.3. The topological polar surface area (TPSA) is 112 Å². The Labute approximate surface area is 243 Å². The molecule has 0 atom stereocenters. The molecule has 4 aromatic rings. The standard InChI is InChI=1S/C31H35FN6O4/c1-5-7-17-41-19-37-29-25(31(3,4)30(37)40)23(14-15-24(39)42-6-2)34-27(35-29)26-21-12-10-16-33-28(21)38(36-26)18-20-11-8-9-13-22(20)32/h8-13,16H,5-7,14-15,17-19H2,1-4H3. The van der Waals surface area contributed by atoms with Gasteiger partial charge in [0.15, 0.2) is 11.5 Å². The maximum Gasteiger partial charge on any atom is 0.306 e. The minimum absolute atomic E-state index is 0.0487. The maximum absolute atomic E-state index is 14.5. The molecule has 11 heteroatoms. The summed E-state index contributed by atoms with van der Waals surface area (Å²) in [5, 5.41) is 5.47. The Bertz CT molecular complexity index is 1620. The molecule has 0 bridgehead atoms. The van der Waals surface area contributed by atoms with Crippen molar-refractivity contribution in [3.8, 4) is 11.5 Å². The molecule has 0 spiro atoms. The zero-order valence-corrected chi connectivity index (χ0v) is 24.4. The summed E-state index contributed by atoms with van der Waals surface area (Å²) >= 11 is 0. The predicted molar refractivity (Wildman–Crippen MR) is 155 cm³/mol. The van der Waals surface area contributed by atoms with E-state index in [1.54, 1.807) is 47.0 Å². The Balaban J connectivity index is 1.63. The van der Waals surface area contributed by atoms with Gasteiger partial charge in [-0.15, -0.1) is 0 Å². The molecule has 1 amide bonds. The van der Waals surface area contributed by atoms with Crippen LogP contribution in [0, 0.1) is 5.82 Å².